The molecular weight excluding hydrogens is 275 g/mol. The Labute approximate surface area is 122 Å². The second-order valence-corrected chi connectivity index (χ2v) is 5.02. The summed E-state index contributed by atoms with van der Waals surface area (Å²) in [5.41, 5.74) is 2.39. The third kappa shape index (κ3) is 3.85. The molecule has 0 amide bonds. The quantitative estimate of drug-likeness (QED) is 0.860. The van der Waals surface area contributed by atoms with Crippen LogP contribution in [0, 0.1) is 6.92 Å². The van der Waals surface area contributed by atoms with Crippen molar-refractivity contribution >= 4 is 0 Å². The van der Waals surface area contributed by atoms with Gasteiger partial charge in [0.15, 0.2) is 0 Å². The maximum absolute atomic E-state index is 12.6. The number of halogens is 3. The highest BCUT2D eigenvalue weighted by Crippen LogP contribution is 2.31. The topological polar surface area (TPSA) is 12.0 Å². The van der Waals surface area contributed by atoms with Crippen molar-refractivity contribution in [2.24, 2.45) is 0 Å². The Bertz CT molecular complexity index is 588. The second-order valence-electron chi connectivity index (χ2n) is 5.02. The number of benzene rings is 2. The van der Waals surface area contributed by atoms with Gasteiger partial charge in [-0.3, -0.25) is 0 Å². The highest BCUT2D eigenvalue weighted by Gasteiger charge is 2.30. The van der Waals surface area contributed by atoms with Crippen LogP contribution < -0.4 is 5.32 Å². The first-order chi connectivity index (χ1) is 9.91. The van der Waals surface area contributed by atoms with Gasteiger partial charge in [-0.25, -0.2) is 0 Å². The minimum atomic E-state index is -4.30. The number of rotatable bonds is 4. The van der Waals surface area contributed by atoms with E-state index in [0.717, 1.165) is 35.4 Å². The Morgan fingerprint density at radius 1 is 1.00 bits per heavy atom. The number of nitrogens with one attached hydrogen (secondary N) is 1. The minimum Gasteiger partial charge on any atom is -0.307 e. The number of hydrogen-bond donors (Lipinski definition) is 1. The van der Waals surface area contributed by atoms with Crippen LogP contribution in [0.1, 0.15) is 35.2 Å². The molecule has 0 bridgehead atoms. The molecule has 1 nitrogen and oxygen atoms in total. The van der Waals surface area contributed by atoms with Crippen LogP contribution >= 0.6 is 0 Å². The van der Waals surface area contributed by atoms with Crippen molar-refractivity contribution in [3.05, 3.63) is 70.8 Å². The van der Waals surface area contributed by atoms with Gasteiger partial charge in [-0.15, -0.1) is 0 Å². The van der Waals surface area contributed by atoms with Crippen molar-refractivity contribution in [1.82, 2.24) is 5.32 Å². The second kappa shape index (κ2) is 6.31. The maximum atomic E-state index is 12.6. The summed E-state index contributed by atoms with van der Waals surface area (Å²) in [6, 6.07) is 13.2. The molecule has 0 saturated heterocycles. The molecule has 0 aliphatic heterocycles. The van der Waals surface area contributed by atoms with E-state index in [1.54, 1.807) is 12.1 Å². The predicted molar refractivity (Wildman–Crippen MR) is 78.1 cm³/mol. The van der Waals surface area contributed by atoms with E-state index in [4.69, 9.17) is 0 Å². The zero-order chi connectivity index (χ0) is 15.5. The zero-order valence-electron chi connectivity index (χ0n) is 12.0. The van der Waals surface area contributed by atoms with E-state index in [-0.39, 0.29) is 6.04 Å². The van der Waals surface area contributed by atoms with Gasteiger partial charge in [0.05, 0.1) is 11.6 Å². The molecule has 0 heterocycles. The fourth-order valence-corrected chi connectivity index (χ4v) is 2.35. The molecule has 0 spiro atoms. The summed E-state index contributed by atoms with van der Waals surface area (Å²) in [7, 11) is 0. The molecule has 0 aliphatic rings. The largest absolute Gasteiger partial charge is 0.416 e. The van der Waals surface area contributed by atoms with E-state index in [1.807, 2.05) is 38.1 Å². The van der Waals surface area contributed by atoms with E-state index in [9.17, 15) is 13.2 Å². The highest BCUT2D eigenvalue weighted by molar-refractivity contribution is 5.35. The van der Waals surface area contributed by atoms with Gasteiger partial charge in [-0.05, 0) is 36.7 Å². The van der Waals surface area contributed by atoms with Crippen LogP contribution in [-0.2, 0) is 6.18 Å². The van der Waals surface area contributed by atoms with Crippen LogP contribution in [0.4, 0.5) is 13.2 Å². The first-order valence-electron chi connectivity index (χ1n) is 6.89. The van der Waals surface area contributed by atoms with Crippen molar-refractivity contribution in [2.75, 3.05) is 6.54 Å². The molecule has 0 aliphatic carbocycles. The molecular formula is C17H18F3N. The lowest BCUT2D eigenvalue weighted by atomic mass is 9.96. The zero-order valence-corrected chi connectivity index (χ0v) is 12.0. The van der Waals surface area contributed by atoms with Crippen molar-refractivity contribution in [2.45, 2.75) is 26.1 Å². The average molecular weight is 293 g/mol. The van der Waals surface area contributed by atoms with Gasteiger partial charge in [0.2, 0.25) is 0 Å². The average Bonchev–Trinajstić information content (AvgIpc) is 2.44. The summed E-state index contributed by atoms with van der Waals surface area (Å²) in [6.07, 6.45) is -4.30. The lowest BCUT2D eigenvalue weighted by Crippen LogP contribution is -2.22. The normalized spacial score (nSPS) is 13.2. The molecule has 112 valence electrons. The van der Waals surface area contributed by atoms with Crippen LogP contribution in [0.2, 0.25) is 0 Å². The Balaban J connectivity index is 2.34. The molecule has 0 fully saturated rings. The number of hydrogen-bond acceptors (Lipinski definition) is 1. The lowest BCUT2D eigenvalue weighted by Gasteiger charge is -2.20. The first kappa shape index (κ1) is 15.6. The van der Waals surface area contributed by atoms with Gasteiger partial charge in [-0.1, -0.05) is 48.9 Å². The number of aryl methyl sites for hydroxylation is 1. The predicted octanol–water partition coefficient (Wildman–Crippen LogP) is 4.71. The molecule has 0 radical (unpaired) electrons. The Kier molecular flexibility index (Phi) is 4.68. The van der Waals surface area contributed by atoms with Crippen molar-refractivity contribution in [3.8, 4) is 0 Å². The van der Waals surface area contributed by atoms with Gasteiger partial charge >= 0.3 is 6.18 Å². The third-order valence-corrected chi connectivity index (χ3v) is 3.36. The molecule has 1 N–H and O–H groups in total. The van der Waals surface area contributed by atoms with Gasteiger partial charge in [-0.2, -0.15) is 13.2 Å². The molecule has 2 rings (SSSR count). The molecule has 0 aromatic heterocycles. The molecule has 1 atom stereocenters. The summed E-state index contributed by atoms with van der Waals surface area (Å²) >= 11 is 0. The van der Waals surface area contributed by atoms with Gasteiger partial charge in [0.25, 0.3) is 0 Å². The van der Waals surface area contributed by atoms with E-state index in [0.29, 0.717) is 0 Å². The van der Waals surface area contributed by atoms with Crippen LogP contribution in [-0.4, -0.2) is 6.54 Å². The van der Waals surface area contributed by atoms with E-state index >= 15 is 0 Å². The fraction of sp³-hybridized carbons (Fsp3) is 0.294. The highest BCUT2D eigenvalue weighted by atomic mass is 19.4. The van der Waals surface area contributed by atoms with Crippen LogP contribution in [0.25, 0.3) is 0 Å². The standard InChI is InChI=1S/C17H18F3N/c1-3-21-16(14-6-4-5-12(2)11-14)13-7-9-15(10-8-13)17(18,19)20/h4-11,16,21H,3H2,1-2H3. The monoisotopic (exact) mass is 293 g/mol. The third-order valence-electron chi connectivity index (χ3n) is 3.36. The molecule has 0 saturated carbocycles. The Morgan fingerprint density at radius 2 is 1.67 bits per heavy atom. The molecule has 21 heavy (non-hydrogen) atoms. The van der Waals surface area contributed by atoms with Crippen molar-refractivity contribution < 1.29 is 13.2 Å². The van der Waals surface area contributed by atoms with E-state index in [2.05, 4.69) is 5.32 Å². The van der Waals surface area contributed by atoms with Crippen molar-refractivity contribution in [3.63, 3.8) is 0 Å². The summed E-state index contributed by atoms with van der Waals surface area (Å²) in [4.78, 5) is 0. The lowest BCUT2D eigenvalue weighted by molar-refractivity contribution is -0.137. The van der Waals surface area contributed by atoms with E-state index < -0.39 is 11.7 Å². The smallest absolute Gasteiger partial charge is 0.307 e. The summed E-state index contributed by atoms with van der Waals surface area (Å²) in [5, 5.41) is 3.32. The van der Waals surface area contributed by atoms with Gasteiger partial charge in [0.1, 0.15) is 0 Å². The first-order valence-corrected chi connectivity index (χ1v) is 6.89. The molecule has 1 unspecified atom stereocenters. The van der Waals surface area contributed by atoms with Gasteiger partial charge < -0.3 is 5.32 Å². The van der Waals surface area contributed by atoms with Crippen molar-refractivity contribution in [1.29, 1.82) is 0 Å². The summed E-state index contributed by atoms with van der Waals surface area (Å²) in [6.45, 7) is 4.71. The van der Waals surface area contributed by atoms with Gasteiger partial charge in [0, 0.05) is 0 Å². The SMILES string of the molecule is CCNC(c1ccc(C(F)(F)F)cc1)c1cccc(C)c1. The Morgan fingerprint density at radius 3 is 2.19 bits per heavy atom. The molecule has 2 aromatic carbocycles. The summed E-state index contributed by atoms with van der Waals surface area (Å²) < 4.78 is 37.9. The van der Waals surface area contributed by atoms with Crippen LogP contribution in [0.3, 0.4) is 0 Å². The minimum absolute atomic E-state index is 0.0998. The Hall–Kier alpha value is -1.81. The molecule has 2 aromatic rings. The van der Waals surface area contributed by atoms with E-state index in [1.165, 1.54) is 0 Å². The number of alkyl halides is 3. The maximum Gasteiger partial charge on any atom is 0.416 e. The fourth-order valence-electron chi connectivity index (χ4n) is 2.35. The van der Waals surface area contributed by atoms with Crippen LogP contribution in [0.15, 0.2) is 48.5 Å². The van der Waals surface area contributed by atoms with Crippen LogP contribution in [0.5, 0.6) is 0 Å². The summed E-state index contributed by atoms with van der Waals surface area (Å²) in [5.74, 6) is 0. The molecule has 4 heteroatoms.